The maximum absolute atomic E-state index is 9.72. The topological polar surface area (TPSA) is 23.5 Å². The molecule has 0 radical (unpaired) electrons. The van der Waals surface area contributed by atoms with Crippen molar-refractivity contribution in [3.05, 3.63) is 0 Å². The second-order valence-corrected chi connectivity index (χ2v) is 6.94. The lowest BCUT2D eigenvalue weighted by Crippen LogP contribution is -2.36. The fourth-order valence-corrected chi connectivity index (χ4v) is 3.53. The maximum atomic E-state index is 9.72. The van der Waals surface area contributed by atoms with Gasteiger partial charge in [0.05, 0.1) is 6.10 Å². The molecule has 15 heavy (non-hydrogen) atoms. The van der Waals surface area contributed by atoms with Crippen LogP contribution in [0.15, 0.2) is 0 Å². The monoisotopic (exact) mass is 211 g/mol. The SMILES string of the molecule is CN1CC(O)CC1C1(CC(C)(C)C)CC1. The molecule has 1 heterocycles. The number of likely N-dealkylation sites (tertiary alicyclic amines) is 1. The first kappa shape index (κ1) is 11.4. The first-order valence-corrected chi connectivity index (χ1v) is 6.21. The zero-order valence-corrected chi connectivity index (χ0v) is 10.6. The predicted molar refractivity (Wildman–Crippen MR) is 62.8 cm³/mol. The predicted octanol–water partition coefficient (Wildman–Crippen LogP) is 2.27. The molecule has 1 aliphatic heterocycles. The van der Waals surface area contributed by atoms with Gasteiger partial charge in [-0.05, 0) is 43.6 Å². The number of hydrogen-bond donors (Lipinski definition) is 1. The summed E-state index contributed by atoms with van der Waals surface area (Å²) in [7, 11) is 2.17. The van der Waals surface area contributed by atoms with Crippen molar-refractivity contribution in [2.45, 2.75) is 58.6 Å². The van der Waals surface area contributed by atoms with Crippen molar-refractivity contribution in [2.75, 3.05) is 13.6 Å². The highest BCUT2D eigenvalue weighted by Crippen LogP contribution is 2.58. The van der Waals surface area contributed by atoms with Crippen molar-refractivity contribution >= 4 is 0 Å². The van der Waals surface area contributed by atoms with E-state index in [9.17, 15) is 5.11 Å². The van der Waals surface area contributed by atoms with Crippen molar-refractivity contribution in [1.82, 2.24) is 4.90 Å². The molecule has 0 bridgehead atoms. The third-order valence-corrected chi connectivity index (χ3v) is 4.01. The van der Waals surface area contributed by atoms with Crippen LogP contribution >= 0.6 is 0 Å². The average molecular weight is 211 g/mol. The Balaban J connectivity index is 2.04. The Bertz CT molecular complexity index is 239. The van der Waals surface area contributed by atoms with E-state index < -0.39 is 0 Å². The summed E-state index contributed by atoms with van der Waals surface area (Å²) in [4.78, 5) is 2.38. The van der Waals surface area contributed by atoms with E-state index in [4.69, 9.17) is 0 Å². The van der Waals surface area contributed by atoms with E-state index in [1.165, 1.54) is 19.3 Å². The van der Waals surface area contributed by atoms with Gasteiger partial charge in [-0.15, -0.1) is 0 Å². The van der Waals surface area contributed by atoms with Crippen LogP contribution in [0.25, 0.3) is 0 Å². The van der Waals surface area contributed by atoms with Crippen LogP contribution < -0.4 is 0 Å². The number of aliphatic hydroxyl groups excluding tert-OH is 1. The van der Waals surface area contributed by atoms with E-state index in [0.29, 0.717) is 16.9 Å². The van der Waals surface area contributed by atoms with Crippen molar-refractivity contribution in [3.8, 4) is 0 Å². The van der Waals surface area contributed by atoms with Gasteiger partial charge in [-0.2, -0.15) is 0 Å². The smallest absolute Gasteiger partial charge is 0.0682 e. The highest BCUT2D eigenvalue weighted by atomic mass is 16.3. The van der Waals surface area contributed by atoms with Crippen LogP contribution in [0.4, 0.5) is 0 Å². The number of aliphatic hydroxyl groups is 1. The Morgan fingerprint density at radius 2 is 1.93 bits per heavy atom. The van der Waals surface area contributed by atoms with Crippen molar-refractivity contribution in [1.29, 1.82) is 0 Å². The Hall–Kier alpha value is -0.0800. The summed E-state index contributed by atoms with van der Waals surface area (Å²) in [6.45, 7) is 7.87. The summed E-state index contributed by atoms with van der Waals surface area (Å²) in [6.07, 6.45) is 4.95. The van der Waals surface area contributed by atoms with E-state index in [-0.39, 0.29) is 6.10 Å². The molecular formula is C13H25NO. The molecule has 0 aromatic rings. The van der Waals surface area contributed by atoms with Gasteiger partial charge in [-0.1, -0.05) is 20.8 Å². The molecule has 0 spiro atoms. The van der Waals surface area contributed by atoms with Crippen LogP contribution in [0, 0.1) is 10.8 Å². The van der Waals surface area contributed by atoms with Gasteiger partial charge >= 0.3 is 0 Å². The molecular weight excluding hydrogens is 186 g/mol. The van der Waals surface area contributed by atoms with Gasteiger partial charge in [0.15, 0.2) is 0 Å². The van der Waals surface area contributed by atoms with Gasteiger partial charge in [0.25, 0.3) is 0 Å². The highest BCUT2D eigenvalue weighted by molar-refractivity contribution is 5.07. The minimum absolute atomic E-state index is 0.0857. The molecule has 1 saturated carbocycles. The molecule has 0 aromatic heterocycles. The van der Waals surface area contributed by atoms with Crippen molar-refractivity contribution in [2.24, 2.45) is 10.8 Å². The summed E-state index contributed by atoms with van der Waals surface area (Å²) in [6, 6.07) is 0.631. The third-order valence-electron chi connectivity index (χ3n) is 4.01. The molecule has 0 aromatic carbocycles. The van der Waals surface area contributed by atoms with Gasteiger partial charge in [-0.25, -0.2) is 0 Å². The van der Waals surface area contributed by atoms with Crippen LogP contribution in [-0.4, -0.2) is 35.7 Å². The zero-order chi connectivity index (χ0) is 11.3. The molecule has 2 nitrogen and oxygen atoms in total. The van der Waals surface area contributed by atoms with E-state index in [1.807, 2.05) is 0 Å². The lowest BCUT2D eigenvalue weighted by molar-refractivity contribution is 0.155. The quantitative estimate of drug-likeness (QED) is 0.757. The van der Waals surface area contributed by atoms with Crippen molar-refractivity contribution < 1.29 is 5.11 Å². The van der Waals surface area contributed by atoms with Gasteiger partial charge in [0.1, 0.15) is 0 Å². The Morgan fingerprint density at radius 1 is 1.33 bits per heavy atom. The molecule has 2 heteroatoms. The van der Waals surface area contributed by atoms with Crippen LogP contribution in [0.3, 0.4) is 0 Å². The van der Waals surface area contributed by atoms with E-state index in [2.05, 4.69) is 32.7 Å². The standard InChI is InChI=1S/C13H25NO/c1-12(2,3)9-13(5-6-13)11-7-10(15)8-14(11)4/h10-11,15H,5-9H2,1-4H3. The number of nitrogens with zero attached hydrogens (tertiary/aromatic N) is 1. The Morgan fingerprint density at radius 3 is 2.27 bits per heavy atom. The fourth-order valence-electron chi connectivity index (χ4n) is 3.53. The van der Waals surface area contributed by atoms with Gasteiger partial charge in [0.2, 0.25) is 0 Å². The number of rotatable bonds is 2. The van der Waals surface area contributed by atoms with Gasteiger partial charge < -0.3 is 10.0 Å². The second-order valence-electron chi connectivity index (χ2n) is 6.94. The normalized spacial score (nSPS) is 35.8. The summed E-state index contributed by atoms with van der Waals surface area (Å²) in [5.41, 5.74) is 0.954. The zero-order valence-electron chi connectivity index (χ0n) is 10.6. The summed E-state index contributed by atoms with van der Waals surface area (Å²) in [5, 5.41) is 9.72. The lowest BCUT2D eigenvalue weighted by Gasteiger charge is -2.34. The van der Waals surface area contributed by atoms with Crippen LogP contribution in [0.1, 0.15) is 46.5 Å². The number of β-amino-alcohol motifs (C(OH)–C–C–N with tert-alkyl or cyclic N) is 1. The highest BCUT2D eigenvalue weighted by Gasteiger charge is 2.54. The molecule has 2 atom stereocenters. The molecule has 1 aliphatic carbocycles. The van der Waals surface area contributed by atoms with Crippen LogP contribution in [-0.2, 0) is 0 Å². The molecule has 88 valence electrons. The number of hydrogen-bond acceptors (Lipinski definition) is 2. The van der Waals surface area contributed by atoms with Gasteiger partial charge in [-0.3, -0.25) is 0 Å². The molecule has 2 rings (SSSR count). The van der Waals surface area contributed by atoms with E-state index in [1.54, 1.807) is 0 Å². The minimum atomic E-state index is -0.0857. The molecule has 2 unspecified atom stereocenters. The molecule has 2 fully saturated rings. The minimum Gasteiger partial charge on any atom is -0.392 e. The fraction of sp³-hybridized carbons (Fsp3) is 1.00. The van der Waals surface area contributed by atoms with E-state index in [0.717, 1.165) is 13.0 Å². The Kier molecular flexibility index (Phi) is 2.63. The first-order chi connectivity index (χ1) is 6.82. The first-order valence-electron chi connectivity index (χ1n) is 6.21. The maximum Gasteiger partial charge on any atom is 0.0682 e. The molecule has 1 N–H and O–H groups in total. The summed E-state index contributed by atoms with van der Waals surface area (Å²) >= 11 is 0. The van der Waals surface area contributed by atoms with Crippen LogP contribution in [0.2, 0.25) is 0 Å². The molecule has 0 amide bonds. The van der Waals surface area contributed by atoms with Crippen molar-refractivity contribution in [3.63, 3.8) is 0 Å². The average Bonchev–Trinajstić information content (AvgIpc) is 2.69. The summed E-state index contributed by atoms with van der Waals surface area (Å²) < 4.78 is 0. The van der Waals surface area contributed by atoms with E-state index >= 15 is 0 Å². The Labute approximate surface area is 93.7 Å². The lowest BCUT2D eigenvalue weighted by atomic mass is 9.78. The number of likely N-dealkylation sites (N-methyl/N-ethyl adjacent to an activating group) is 1. The van der Waals surface area contributed by atoms with Gasteiger partial charge in [0, 0.05) is 12.6 Å². The summed E-state index contributed by atoms with van der Waals surface area (Å²) in [5.74, 6) is 0. The van der Waals surface area contributed by atoms with Crippen LogP contribution in [0.5, 0.6) is 0 Å². The second kappa shape index (κ2) is 3.46. The largest absolute Gasteiger partial charge is 0.392 e. The molecule has 2 aliphatic rings. The third kappa shape index (κ3) is 2.36. The molecule has 1 saturated heterocycles.